The van der Waals surface area contributed by atoms with Crippen molar-refractivity contribution in [2.75, 3.05) is 19.0 Å². The van der Waals surface area contributed by atoms with Crippen LogP contribution in [0.15, 0.2) is 18.2 Å². The van der Waals surface area contributed by atoms with Gasteiger partial charge in [0.2, 0.25) is 5.91 Å². The zero-order valence-corrected chi connectivity index (χ0v) is 10.1. The van der Waals surface area contributed by atoms with Crippen molar-refractivity contribution in [1.29, 1.82) is 0 Å². The second-order valence-electron chi connectivity index (χ2n) is 3.13. The van der Waals surface area contributed by atoms with Crippen molar-refractivity contribution < 1.29 is 18.3 Å². The van der Waals surface area contributed by atoms with Crippen LogP contribution in [0.4, 0.5) is 8.78 Å². The number of benzene rings is 1. The largest absolute Gasteiger partial charge is 0.478 e. The van der Waals surface area contributed by atoms with E-state index in [2.05, 4.69) is 17.2 Å². The fourth-order valence-corrected chi connectivity index (χ4v) is 1.10. The zero-order chi connectivity index (χ0) is 13.4. The lowest BCUT2D eigenvalue weighted by atomic mass is 10.3. The molecule has 0 heterocycles. The summed E-state index contributed by atoms with van der Waals surface area (Å²) in [4.78, 5) is 10.7. The number of carbonyl (C=O) groups is 1. The van der Waals surface area contributed by atoms with Crippen LogP contribution in [0, 0.1) is 23.5 Å². The van der Waals surface area contributed by atoms with Gasteiger partial charge in [0.05, 0.1) is 6.54 Å². The summed E-state index contributed by atoms with van der Waals surface area (Å²) < 4.78 is 30.6. The smallest absolute Gasteiger partial charge is 0.235 e. The Morgan fingerprint density at radius 3 is 2.83 bits per heavy atom. The summed E-state index contributed by atoms with van der Waals surface area (Å²) in [6.07, 6.45) is 0. The molecule has 0 atom stereocenters. The summed E-state index contributed by atoms with van der Waals surface area (Å²) >= 11 is 5.25. The number of nitrogens with one attached hydrogen (secondary N) is 1. The maximum Gasteiger partial charge on any atom is 0.235 e. The molecule has 1 aromatic carbocycles. The quantitative estimate of drug-likeness (QED) is 0.670. The average molecular weight is 274 g/mol. The van der Waals surface area contributed by atoms with Gasteiger partial charge in [0.25, 0.3) is 0 Å². The number of ether oxygens (including phenoxy) is 1. The Labute approximate surface area is 108 Å². The molecule has 1 N–H and O–H groups in total. The minimum Gasteiger partial charge on any atom is -0.478 e. The molecule has 6 heteroatoms. The van der Waals surface area contributed by atoms with Crippen LogP contribution in [-0.2, 0) is 4.79 Å². The highest BCUT2D eigenvalue weighted by molar-refractivity contribution is 6.27. The summed E-state index contributed by atoms with van der Waals surface area (Å²) in [5.41, 5.74) is 0. The standard InChI is InChI=1S/C12H10ClF2NO2/c13-8-12(17)16-5-1-2-6-18-11-4-3-9(14)7-10(11)15/h3-4,7H,5-6,8H2,(H,16,17). The molecule has 0 fully saturated rings. The van der Waals surface area contributed by atoms with E-state index in [1.54, 1.807) is 0 Å². The molecule has 96 valence electrons. The Bertz CT molecular complexity index is 483. The molecule has 0 aliphatic heterocycles. The molecule has 1 aromatic rings. The molecular formula is C12H10ClF2NO2. The van der Waals surface area contributed by atoms with E-state index < -0.39 is 11.6 Å². The molecule has 1 rings (SSSR count). The number of amides is 1. The molecule has 0 aliphatic rings. The normalized spacial score (nSPS) is 9.28. The Hall–Kier alpha value is -1.80. The van der Waals surface area contributed by atoms with Crippen LogP contribution in [0.1, 0.15) is 0 Å². The number of hydrogen-bond donors (Lipinski definition) is 1. The third-order valence-electron chi connectivity index (χ3n) is 1.81. The molecule has 18 heavy (non-hydrogen) atoms. The first-order valence-corrected chi connectivity index (χ1v) is 5.53. The zero-order valence-electron chi connectivity index (χ0n) is 9.30. The highest BCUT2D eigenvalue weighted by atomic mass is 35.5. The first-order valence-electron chi connectivity index (χ1n) is 4.99. The van der Waals surface area contributed by atoms with Gasteiger partial charge in [0.1, 0.15) is 18.3 Å². The summed E-state index contributed by atoms with van der Waals surface area (Å²) in [7, 11) is 0. The fourth-order valence-electron chi connectivity index (χ4n) is 1.01. The van der Waals surface area contributed by atoms with E-state index in [0.29, 0.717) is 0 Å². The first kappa shape index (κ1) is 14.3. The van der Waals surface area contributed by atoms with Crippen LogP contribution in [0.25, 0.3) is 0 Å². The van der Waals surface area contributed by atoms with E-state index in [1.165, 1.54) is 6.07 Å². The molecule has 0 saturated carbocycles. The predicted octanol–water partition coefficient (Wildman–Crippen LogP) is 1.70. The molecular weight excluding hydrogens is 264 g/mol. The summed E-state index contributed by atoms with van der Waals surface area (Å²) in [5.74, 6) is 3.18. The molecule has 0 unspecified atom stereocenters. The van der Waals surface area contributed by atoms with Crippen LogP contribution < -0.4 is 10.1 Å². The van der Waals surface area contributed by atoms with Gasteiger partial charge in [0, 0.05) is 6.07 Å². The van der Waals surface area contributed by atoms with E-state index in [4.69, 9.17) is 16.3 Å². The number of hydrogen-bond acceptors (Lipinski definition) is 2. The van der Waals surface area contributed by atoms with Gasteiger partial charge in [-0.15, -0.1) is 11.6 Å². The SMILES string of the molecule is O=C(CCl)NCC#CCOc1ccc(F)cc1F. The maximum absolute atomic E-state index is 13.1. The van der Waals surface area contributed by atoms with Crippen molar-refractivity contribution >= 4 is 17.5 Å². The molecule has 3 nitrogen and oxygen atoms in total. The summed E-state index contributed by atoms with van der Waals surface area (Å²) in [6, 6.07) is 3.00. The van der Waals surface area contributed by atoms with Crippen LogP contribution in [-0.4, -0.2) is 24.9 Å². The van der Waals surface area contributed by atoms with Crippen LogP contribution >= 0.6 is 11.6 Å². The number of halogens is 3. The number of carbonyl (C=O) groups excluding carboxylic acids is 1. The molecule has 0 saturated heterocycles. The molecule has 1 amide bonds. The summed E-state index contributed by atoms with van der Waals surface area (Å²) in [6.45, 7) is 0.0834. The van der Waals surface area contributed by atoms with E-state index in [-0.39, 0.29) is 30.7 Å². The lowest BCUT2D eigenvalue weighted by Crippen LogP contribution is -2.24. The first-order chi connectivity index (χ1) is 8.63. The lowest BCUT2D eigenvalue weighted by Gasteiger charge is -2.02. The second-order valence-corrected chi connectivity index (χ2v) is 3.39. The Kier molecular flexibility index (Phi) is 5.95. The average Bonchev–Trinajstić information content (AvgIpc) is 2.35. The van der Waals surface area contributed by atoms with Gasteiger partial charge >= 0.3 is 0 Å². The molecule has 0 aliphatic carbocycles. The van der Waals surface area contributed by atoms with Crippen molar-refractivity contribution in [3.05, 3.63) is 29.8 Å². The highest BCUT2D eigenvalue weighted by Gasteiger charge is 2.03. The minimum atomic E-state index is -0.785. The topological polar surface area (TPSA) is 38.3 Å². The Balaban J connectivity index is 2.33. The van der Waals surface area contributed by atoms with E-state index >= 15 is 0 Å². The molecule has 0 radical (unpaired) electrons. The van der Waals surface area contributed by atoms with E-state index in [0.717, 1.165) is 12.1 Å². The Morgan fingerprint density at radius 1 is 1.39 bits per heavy atom. The van der Waals surface area contributed by atoms with Gasteiger partial charge in [-0.1, -0.05) is 11.8 Å². The molecule has 0 spiro atoms. The third kappa shape index (κ3) is 5.02. The van der Waals surface area contributed by atoms with Gasteiger partial charge in [-0.2, -0.15) is 0 Å². The lowest BCUT2D eigenvalue weighted by molar-refractivity contribution is -0.118. The van der Waals surface area contributed by atoms with E-state index in [1.807, 2.05) is 0 Å². The van der Waals surface area contributed by atoms with Crippen molar-refractivity contribution in [2.24, 2.45) is 0 Å². The molecule has 0 bridgehead atoms. The highest BCUT2D eigenvalue weighted by Crippen LogP contribution is 2.16. The predicted molar refractivity (Wildman–Crippen MR) is 63.4 cm³/mol. The van der Waals surface area contributed by atoms with Crippen molar-refractivity contribution in [3.8, 4) is 17.6 Å². The monoisotopic (exact) mass is 273 g/mol. The van der Waals surface area contributed by atoms with Crippen molar-refractivity contribution in [2.45, 2.75) is 0 Å². The van der Waals surface area contributed by atoms with Crippen LogP contribution in [0.5, 0.6) is 5.75 Å². The van der Waals surface area contributed by atoms with Crippen molar-refractivity contribution in [3.63, 3.8) is 0 Å². The summed E-state index contributed by atoms with van der Waals surface area (Å²) in [5, 5.41) is 2.43. The van der Waals surface area contributed by atoms with Gasteiger partial charge in [-0.3, -0.25) is 4.79 Å². The van der Waals surface area contributed by atoms with Gasteiger partial charge in [-0.05, 0) is 12.1 Å². The third-order valence-corrected chi connectivity index (χ3v) is 2.06. The number of alkyl halides is 1. The van der Waals surface area contributed by atoms with Crippen LogP contribution in [0.2, 0.25) is 0 Å². The van der Waals surface area contributed by atoms with Crippen molar-refractivity contribution in [1.82, 2.24) is 5.32 Å². The van der Waals surface area contributed by atoms with Gasteiger partial charge < -0.3 is 10.1 Å². The Morgan fingerprint density at radius 2 is 2.17 bits per heavy atom. The van der Waals surface area contributed by atoms with E-state index in [9.17, 15) is 13.6 Å². The van der Waals surface area contributed by atoms with Crippen LogP contribution in [0.3, 0.4) is 0 Å². The minimum absolute atomic E-state index is 0.0563. The number of rotatable bonds is 4. The second kappa shape index (κ2) is 7.51. The van der Waals surface area contributed by atoms with Gasteiger partial charge in [0.15, 0.2) is 11.6 Å². The fraction of sp³-hybridized carbons (Fsp3) is 0.250. The van der Waals surface area contributed by atoms with Gasteiger partial charge in [-0.25, -0.2) is 8.78 Å². The molecule has 0 aromatic heterocycles. The maximum atomic E-state index is 13.1.